The van der Waals surface area contributed by atoms with Gasteiger partial charge in [-0.2, -0.15) is 0 Å². The third-order valence-corrected chi connectivity index (χ3v) is 2.94. The third-order valence-electron chi connectivity index (χ3n) is 2.94. The van der Waals surface area contributed by atoms with Gasteiger partial charge in [0.2, 0.25) is 0 Å². The fourth-order valence-electron chi connectivity index (χ4n) is 1.90. The maximum absolute atomic E-state index is 10.4. The Morgan fingerprint density at radius 3 is 2.47 bits per heavy atom. The predicted molar refractivity (Wildman–Crippen MR) is 61.6 cm³/mol. The maximum Gasteiger partial charge on any atom is 0.122 e. The SMILES string of the molecule is COc1cc(C)c(CCC=O)c(C)c1C. The summed E-state index contributed by atoms with van der Waals surface area (Å²) < 4.78 is 5.30. The third kappa shape index (κ3) is 2.38. The van der Waals surface area contributed by atoms with Gasteiger partial charge in [0.1, 0.15) is 12.0 Å². The molecule has 0 aliphatic carbocycles. The highest BCUT2D eigenvalue weighted by atomic mass is 16.5. The van der Waals surface area contributed by atoms with Crippen molar-refractivity contribution >= 4 is 6.29 Å². The molecule has 0 aromatic heterocycles. The Hall–Kier alpha value is -1.31. The van der Waals surface area contributed by atoms with E-state index in [4.69, 9.17) is 4.74 Å². The van der Waals surface area contributed by atoms with Crippen LogP contribution in [0.2, 0.25) is 0 Å². The Labute approximate surface area is 91.3 Å². The summed E-state index contributed by atoms with van der Waals surface area (Å²) in [7, 11) is 1.69. The molecule has 0 aliphatic rings. The summed E-state index contributed by atoms with van der Waals surface area (Å²) in [5.74, 6) is 0.930. The van der Waals surface area contributed by atoms with E-state index in [-0.39, 0.29) is 0 Å². The topological polar surface area (TPSA) is 26.3 Å². The molecule has 2 nitrogen and oxygen atoms in total. The second-order valence-electron chi connectivity index (χ2n) is 3.83. The van der Waals surface area contributed by atoms with Crippen LogP contribution in [0.25, 0.3) is 0 Å². The predicted octanol–water partition coefficient (Wildman–Crippen LogP) is 2.75. The summed E-state index contributed by atoms with van der Waals surface area (Å²) in [4.78, 5) is 10.4. The molecule has 0 saturated heterocycles. The molecule has 1 rings (SSSR count). The lowest BCUT2D eigenvalue weighted by Gasteiger charge is -2.15. The highest BCUT2D eigenvalue weighted by Gasteiger charge is 2.09. The molecule has 0 N–H and O–H groups in total. The average molecular weight is 206 g/mol. The number of benzene rings is 1. The minimum atomic E-state index is 0.591. The number of aldehydes is 1. The van der Waals surface area contributed by atoms with E-state index in [0.29, 0.717) is 6.42 Å². The highest BCUT2D eigenvalue weighted by molar-refractivity contribution is 5.53. The van der Waals surface area contributed by atoms with E-state index in [9.17, 15) is 4.79 Å². The summed E-state index contributed by atoms with van der Waals surface area (Å²) in [5, 5.41) is 0. The number of carbonyl (C=O) groups excluding carboxylic acids is 1. The lowest BCUT2D eigenvalue weighted by Crippen LogP contribution is -2.00. The van der Waals surface area contributed by atoms with E-state index in [1.54, 1.807) is 7.11 Å². The number of hydrogen-bond donors (Lipinski definition) is 0. The van der Waals surface area contributed by atoms with Crippen molar-refractivity contribution in [2.45, 2.75) is 33.6 Å². The molecule has 0 amide bonds. The molecule has 0 unspecified atom stereocenters. The van der Waals surface area contributed by atoms with Crippen LogP contribution in [0.5, 0.6) is 5.75 Å². The minimum absolute atomic E-state index is 0.591. The van der Waals surface area contributed by atoms with Crippen LogP contribution in [0.3, 0.4) is 0 Å². The zero-order valence-electron chi connectivity index (χ0n) is 9.89. The first-order valence-corrected chi connectivity index (χ1v) is 5.19. The molecule has 1 aromatic carbocycles. The van der Waals surface area contributed by atoms with Crippen LogP contribution in [0.4, 0.5) is 0 Å². The molecule has 0 spiro atoms. The normalized spacial score (nSPS) is 10.1. The molecular weight excluding hydrogens is 188 g/mol. The van der Waals surface area contributed by atoms with Crippen molar-refractivity contribution in [3.8, 4) is 5.75 Å². The summed E-state index contributed by atoms with van der Waals surface area (Å²) >= 11 is 0. The first-order valence-electron chi connectivity index (χ1n) is 5.19. The van der Waals surface area contributed by atoms with Gasteiger partial charge < -0.3 is 9.53 Å². The molecule has 0 radical (unpaired) electrons. The first-order chi connectivity index (χ1) is 7.11. The molecule has 1 aromatic rings. The van der Waals surface area contributed by atoms with Crippen molar-refractivity contribution in [2.75, 3.05) is 7.11 Å². The van der Waals surface area contributed by atoms with E-state index < -0.39 is 0 Å². The molecule has 0 bridgehead atoms. The van der Waals surface area contributed by atoms with Gasteiger partial charge in [-0.05, 0) is 55.5 Å². The van der Waals surface area contributed by atoms with Crippen LogP contribution in [-0.2, 0) is 11.2 Å². The summed E-state index contributed by atoms with van der Waals surface area (Å²) in [6.07, 6.45) is 2.39. The fourth-order valence-corrected chi connectivity index (χ4v) is 1.90. The zero-order valence-corrected chi connectivity index (χ0v) is 9.89. The van der Waals surface area contributed by atoms with Gasteiger partial charge >= 0.3 is 0 Å². The Morgan fingerprint density at radius 1 is 1.27 bits per heavy atom. The average Bonchev–Trinajstić information content (AvgIpc) is 2.23. The van der Waals surface area contributed by atoms with Gasteiger partial charge in [0.05, 0.1) is 7.11 Å². The molecular formula is C13H18O2. The van der Waals surface area contributed by atoms with Crippen LogP contribution in [0, 0.1) is 20.8 Å². The minimum Gasteiger partial charge on any atom is -0.496 e. The largest absolute Gasteiger partial charge is 0.496 e. The molecule has 0 atom stereocenters. The van der Waals surface area contributed by atoms with Gasteiger partial charge in [-0.3, -0.25) is 0 Å². The van der Waals surface area contributed by atoms with Gasteiger partial charge in [0, 0.05) is 6.42 Å². The van der Waals surface area contributed by atoms with Gasteiger partial charge in [0.25, 0.3) is 0 Å². The second-order valence-corrected chi connectivity index (χ2v) is 3.83. The lowest BCUT2D eigenvalue weighted by atomic mass is 9.94. The Kier molecular flexibility index (Phi) is 3.89. The summed E-state index contributed by atoms with van der Waals surface area (Å²) in [6.45, 7) is 6.21. The van der Waals surface area contributed by atoms with E-state index in [2.05, 4.69) is 20.8 Å². The van der Waals surface area contributed by atoms with Crippen LogP contribution in [0.15, 0.2) is 6.07 Å². The van der Waals surface area contributed by atoms with Crippen molar-refractivity contribution < 1.29 is 9.53 Å². The molecule has 2 heteroatoms. The summed E-state index contributed by atoms with van der Waals surface area (Å²) in [5.41, 5.74) is 4.90. The number of ether oxygens (including phenoxy) is 1. The first kappa shape index (κ1) is 11.8. The van der Waals surface area contributed by atoms with Crippen LogP contribution < -0.4 is 4.74 Å². The number of aryl methyl sites for hydroxylation is 1. The Morgan fingerprint density at radius 2 is 1.93 bits per heavy atom. The Balaban J connectivity index is 3.16. The lowest BCUT2D eigenvalue weighted by molar-refractivity contribution is -0.107. The van der Waals surface area contributed by atoms with Crippen molar-refractivity contribution in [1.29, 1.82) is 0 Å². The number of carbonyl (C=O) groups is 1. The summed E-state index contributed by atoms with van der Waals surface area (Å²) in [6, 6.07) is 2.04. The molecule has 82 valence electrons. The number of rotatable bonds is 4. The Bertz CT molecular complexity index is 367. The van der Waals surface area contributed by atoms with Crippen LogP contribution in [-0.4, -0.2) is 13.4 Å². The maximum atomic E-state index is 10.4. The number of methoxy groups -OCH3 is 1. The molecule has 0 saturated carbocycles. The molecule has 0 fully saturated rings. The van der Waals surface area contributed by atoms with Gasteiger partial charge in [0.15, 0.2) is 0 Å². The molecule has 15 heavy (non-hydrogen) atoms. The van der Waals surface area contributed by atoms with E-state index in [0.717, 1.165) is 18.5 Å². The van der Waals surface area contributed by atoms with E-state index in [1.165, 1.54) is 22.3 Å². The van der Waals surface area contributed by atoms with Crippen molar-refractivity contribution in [1.82, 2.24) is 0 Å². The molecule has 0 heterocycles. The molecule has 0 aliphatic heterocycles. The van der Waals surface area contributed by atoms with Crippen molar-refractivity contribution in [2.24, 2.45) is 0 Å². The fraction of sp³-hybridized carbons (Fsp3) is 0.462. The second kappa shape index (κ2) is 4.96. The van der Waals surface area contributed by atoms with Crippen LogP contribution in [0.1, 0.15) is 28.7 Å². The van der Waals surface area contributed by atoms with Crippen molar-refractivity contribution in [3.63, 3.8) is 0 Å². The smallest absolute Gasteiger partial charge is 0.122 e. The van der Waals surface area contributed by atoms with Crippen LogP contribution >= 0.6 is 0 Å². The van der Waals surface area contributed by atoms with E-state index >= 15 is 0 Å². The standard InChI is InChI=1S/C13H18O2/c1-9-8-13(15-4)11(3)10(2)12(9)6-5-7-14/h7-8H,5-6H2,1-4H3. The van der Waals surface area contributed by atoms with Crippen molar-refractivity contribution in [3.05, 3.63) is 28.3 Å². The quantitative estimate of drug-likeness (QED) is 0.708. The highest BCUT2D eigenvalue weighted by Crippen LogP contribution is 2.27. The van der Waals surface area contributed by atoms with E-state index in [1.807, 2.05) is 6.07 Å². The monoisotopic (exact) mass is 206 g/mol. The van der Waals surface area contributed by atoms with Gasteiger partial charge in [-0.15, -0.1) is 0 Å². The zero-order chi connectivity index (χ0) is 11.4. The van der Waals surface area contributed by atoms with Gasteiger partial charge in [-0.1, -0.05) is 0 Å². The van der Waals surface area contributed by atoms with Gasteiger partial charge in [-0.25, -0.2) is 0 Å². The number of hydrogen-bond acceptors (Lipinski definition) is 2.